The topological polar surface area (TPSA) is 36.4 Å². The van der Waals surface area contributed by atoms with Crippen LogP contribution in [0.2, 0.25) is 0 Å². The Morgan fingerprint density at radius 3 is 2.68 bits per heavy atom. The summed E-state index contributed by atoms with van der Waals surface area (Å²) in [6, 6.07) is 22.3. The zero-order valence-electron chi connectivity index (χ0n) is 17.8. The standard InChI is InChI=1S/C26H28FN3O/c1-29(25(21-10-3-2-4-11-21)24-14-5-6-15-28-24)26(31)22-12-8-16-30(19-22)18-20-9-7-13-23(27)17-20/h2-7,9-11,13-15,17,22,25H,8,12,16,18-19H2,1H3. The van der Waals surface area contributed by atoms with Gasteiger partial charge in [0.25, 0.3) is 0 Å². The Labute approximate surface area is 183 Å². The summed E-state index contributed by atoms with van der Waals surface area (Å²) in [7, 11) is 1.88. The summed E-state index contributed by atoms with van der Waals surface area (Å²) >= 11 is 0. The number of amides is 1. The first-order valence-electron chi connectivity index (χ1n) is 10.8. The first-order valence-corrected chi connectivity index (χ1v) is 10.8. The SMILES string of the molecule is CN(C(=O)C1CCCN(Cc2cccc(F)c2)C1)C(c1ccccc1)c1ccccn1. The van der Waals surface area contributed by atoms with E-state index in [4.69, 9.17) is 0 Å². The summed E-state index contributed by atoms with van der Waals surface area (Å²) in [6.07, 6.45) is 3.59. The van der Waals surface area contributed by atoms with E-state index < -0.39 is 0 Å². The molecule has 31 heavy (non-hydrogen) atoms. The van der Waals surface area contributed by atoms with Crippen LogP contribution in [0.5, 0.6) is 0 Å². The maximum atomic E-state index is 13.6. The van der Waals surface area contributed by atoms with Crippen molar-refractivity contribution in [1.29, 1.82) is 0 Å². The Kier molecular flexibility index (Phi) is 6.73. The van der Waals surface area contributed by atoms with Crippen LogP contribution in [-0.4, -0.2) is 40.8 Å². The van der Waals surface area contributed by atoms with Crippen molar-refractivity contribution in [3.8, 4) is 0 Å². The third-order valence-corrected chi connectivity index (χ3v) is 5.97. The number of rotatable bonds is 6. The second-order valence-electron chi connectivity index (χ2n) is 8.22. The molecule has 1 amide bonds. The average Bonchev–Trinajstić information content (AvgIpc) is 2.80. The largest absolute Gasteiger partial charge is 0.333 e. The average molecular weight is 418 g/mol. The zero-order valence-corrected chi connectivity index (χ0v) is 17.8. The van der Waals surface area contributed by atoms with Crippen molar-refractivity contribution in [3.05, 3.63) is 102 Å². The van der Waals surface area contributed by atoms with E-state index in [0.717, 1.165) is 36.2 Å². The molecule has 0 spiro atoms. The summed E-state index contributed by atoms with van der Waals surface area (Å²) in [4.78, 5) is 22.2. The summed E-state index contributed by atoms with van der Waals surface area (Å²) in [5, 5.41) is 0. The van der Waals surface area contributed by atoms with Gasteiger partial charge in [-0.3, -0.25) is 14.7 Å². The molecule has 5 heteroatoms. The molecule has 0 radical (unpaired) electrons. The van der Waals surface area contributed by atoms with Crippen LogP contribution in [0.4, 0.5) is 4.39 Å². The minimum atomic E-state index is -0.228. The molecule has 0 saturated carbocycles. The summed E-state index contributed by atoms with van der Waals surface area (Å²) in [6.45, 7) is 2.27. The van der Waals surface area contributed by atoms with Crippen LogP contribution in [-0.2, 0) is 11.3 Å². The van der Waals surface area contributed by atoms with E-state index >= 15 is 0 Å². The Balaban J connectivity index is 1.51. The van der Waals surface area contributed by atoms with Gasteiger partial charge in [-0.05, 0) is 54.8 Å². The molecule has 2 atom stereocenters. The lowest BCUT2D eigenvalue weighted by Gasteiger charge is -2.36. The van der Waals surface area contributed by atoms with Gasteiger partial charge in [0.15, 0.2) is 0 Å². The molecule has 0 N–H and O–H groups in total. The number of pyridine rings is 1. The molecule has 0 bridgehead atoms. The fraction of sp³-hybridized carbons (Fsp3) is 0.308. The van der Waals surface area contributed by atoms with Crippen molar-refractivity contribution in [1.82, 2.24) is 14.8 Å². The van der Waals surface area contributed by atoms with Gasteiger partial charge < -0.3 is 4.90 Å². The molecule has 160 valence electrons. The molecule has 2 heterocycles. The molecular weight excluding hydrogens is 389 g/mol. The van der Waals surface area contributed by atoms with E-state index in [2.05, 4.69) is 9.88 Å². The predicted molar refractivity (Wildman–Crippen MR) is 120 cm³/mol. The van der Waals surface area contributed by atoms with E-state index in [1.54, 1.807) is 18.3 Å². The highest BCUT2D eigenvalue weighted by molar-refractivity contribution is 5.79. The van der Waals surface area contributed by atoms with Crippen LogP contribution >= 0.6 is 0 Å². The number of piperidine rings is 1. The number of likely N-dealkylation sites (tertiary alicyclic amines) is 1. The number of hydrogen-bond acceptors (Lipinski definition) is 3. The number of hydrogen-bond donors (Lipinski definition) is 0. The van der Waals surface area contributed by atoms with Crippen molar-refractivity contribution in [2.24, 2.45) is 5.92 Å². The molecule has 2 unspecified atom stereocenters. The lowest BCUT2D eigenvalue weighted by atomic mass is 9.94. The highest BCUT2D eigenvalue weighted by Gasteiger charge is 2.32. The highest BCUT2D eigenvalue weighted by atomic mass is 19.1. The van der Waals surface area contributed by atoms with E-state index in [-0.39, 0.29) is 23.7 Å². The summed E-state index contributed by atoms with van der Waals surface area (Å²) in [5.74, 6) is -0.173. The predicted octanol–water partition coefficient (Wildman–Crippen LogP) is 4.68. The van der Waals surface area contributed by atoms with Gasteiger partial charge >= 0.3 is 0 Å². The molecular formula is C26H28FN3O. The molecule has 4 nitrogen and oxygen atoms in total. The zero-order chi connectivity index (χ0) is 21.6. The van der Waals surface area contributed by atoms with Crippen molar-refractivity contribution >= 4 is 5.91 Å². The van der Waals surface area contributed by atoms with E-state index in [1.165, 1.54) is 6.07 Å². The van der Waals surface area contributed by atoms with Crippen molar-refractivity contribution < 1.29 is 9.18 Å². The van der Waals surface area contributed by atoms with Gasteiger partial charge in [-0.25, -0.2) is 4.39 Å². The van der Waals surface area contributed by atoms with Crippen LogP contribution in [0.1, 0.15) is 35.7 Å². The van der Waals surface area contributed by atoms with Gasteiger partial charge in [-0.1, -0.05) is 48.5 Å². The maximum absolute atomic E-state index is 13.6. The molecule has 1 fully saturated rings. The third-order valence-electron chi connectivity index (χ3n) is 5.97. The third kappa shape index (κ3) is 5.17. The van der Waals surface area contributed by atoms with Crippen molar-refractivity contribution in [2.45, 2.75) is 25.4 Å². The van der Waals surface area contributed by atoms with E-state index in [9.17, 15) is 9.18 Å². The maximum Gasteiger partial charge on any atom is 0.227 e. The number of carbonyl (C=O) groups is 1. The summed E-state index contributed by atoms with van der Waals surface area (Å²) in [5.41, 5.74) is 2.85. The number of carbonyl (C=O) groups excluding carboxylic acids is 1. The normalized spacial score (nSPS) is 17.8. The first kappa shape index (κ1) is 21.2. The highest BCUT2D eigenvalue weighted by Crippen LogP contribution is 2.29. The smallest absolute Gasteiger partial charge is 0.227 e. The Morgan fingerprint density at radius 1 is 1.13 bits per heavy atom. The van der Waals surface area contributed by atoms with Crippen molar-refractivity contribution in [3.63, 3.8) is 0 Å². The van der Waals surface area contributed by atoms with Crippen LogP contribution in [0.3, 0.4) is 0 Å². The molecule has 4 rings (SSSR count). The monoisotopic (exact) mass is 417 g/mol. The second-order valence-corrected chi connectivity index (χ2v) is 8.22. The molecule has 1 saturated heterocycles. The fourth-order valence-electron chi connectivity index (χ4n) is 4.48. The van der Waals surface area contributed by atoms with Crippen LogP contribution in [0.15, 0.2) is 79.0 Å². The molecule has 3 aromatic rings. The van der Waals surface area contributed by atoms with Gasteiger partial charge in [0.2, 0.25) is 5.91 Å². The van der Waals surface area contributed by atoms with Crippen LogP contribution in [0, 0.1) is 11.7 Å². The minimum absolute atomic E-state index is 0.0813. The quantitative estimate of drug-likeness (QED) is 0.584. The lowest BCUT2D eigenvalue weighted by molar-refractivity contribution is -0.137. The van der Waals surface area contributed by atoms with Gasteiger partial charge in [-0.15, -0.1) is 0 Å². The fourth-order valence-corrected chi connectivity index (χ4v) is 4.48. The first-order chi connectivity index (χ1) is 15.1. The molecule has 1 aliphatic heterocycles. The number of benzene rings is 2. The van der Waals surface area contributed by atoms with Gasteiger partial charge in [-0.2, -0.15) is 0 Å². The molecule has 1 aromatic heterocycles. The second kappa shape index (κ2) is 9.84. The lowest BCUT2D eigenvalue weighted by Crippen LogP contribution is -2.44. The van der Waals surface area contributed by atoms with Crippen LogP contribution in [0.25, 0.3) is 0 Å². The molecule has 1 aliphatic rings. The number of halogens is 1. The van der Waals surface area contributed by atoms with E-state index in [0.29, 0.717) is 13.1 Å². The minimum Gasteiger partial charge on any atom is -0.333 e. The van der Waals surface area contributed by atoms with Gasteiger partial charge in [0.1, 0.15) is 5.82 Å². The van der Waals surface area contributed by atoms with Crippen molar-refractivity contribution in [2.75, 3.05) is 20.1 Å². The van der Waals surface area contributed by atoms with E-state index in [1.807, 2.05) is 66.5 Å². The van der Waals surface area contributed by atoms with Gasteiger partial charge in [0, 0.05) is 26.3 Å². The number of nitrogens with zero attached hydrogens (tertiary/aromatic N) is 3. The molecule has 0 aliphatic carbocycles. The van der Waals surface area contributed by atoms with Crippen LogP contribution < -0.4 is 0 Å². The Hall–Kier alpha value is -3.05. The molecule has 2 aromatic carbocycles. The Bertz CT molecular complexity index is 956. The Morgan fingerprint density at radius 2 is 1.94 bits per heavy atom. The van der Waals surface area contributed by atoms with Gasteiger partial charge in [0.05, 0.1) is 17.7 Å². The summed E-state index contributed by atoms with van der Waals surface area (Å²) < 4.78 is 13.6. The number of aromatic nitrogens is 1.